The third kappa shape index (κ3) is 4.65. The van der Waals surface area contributed by atoms with Gasteiger partial charge in [-0.15, -0.1) is 0 Å². The van der Waals surface area contributed by atoms with E-state index in [2.05, 4.69) is 5.32 Å². The van der Waals surface area contributed by atoms with Crippen molar-refractivity contribution in [1.29, 1.82) is 5.26 Å². The first-order valence-electron chi connectivity index (χ1n) is 8.61. The van der Waals surface area contributed by atoms with Crippen LogP contribution in [0.25, 0.3) is 17.4 Å². The molecule has 0 radical (unpaired) electrons. The molecule has 0 saturated heterocycles. The molecule has 5 nitrogen and oxygen atoms in total. The number of carbonyl (C=O) groups is 1. The van der Waals surface area contributed by atoms with Gasteiger partial charge in [0.2, 0.25) is 0 Å². The summed E-state index contributed by atoms with van der Waals surface area (Å²) in [6.45, 7) is 2.38. The van der Waals surface area contributed by atoms with Gasteiger partial charge < -0.3 is 14.5 Å². The zero-order valence-corrected chi connectivity index (χ0v) is 15.1. The first-order chi connectivity index (χ1) is 13.6. The van der Waals surface area contributed by atoms with E-state index < -0.39 is 5.91 Å². The van der Waals surface area contributed by atoms with Crippen LogP contribution in [0.3, 0.4) is 0 Å². The van der Waals surface area contributed by atoms with Gasteiger partial charge in [-0.05, 0) is 55.5 Å². The van der Waals surface area contributed by atoms with Crippen molar-refractivity contribution >= 4 is 17.7 Å². The Balaban J connectivity index is 1.76. The fraction of sp³-hybridized carbons (Fsp3) is 0.0909. The minimum atomic E-state index is -0.559. The topological polar surface area (TPSA) is 75.3 Å². The smallest absolute Gasteiger partial charge is 0.266 e. The summed E-state index contributed by atoms with van der Waals surface area (Å²) >= 11 is 0. The highest BCUT2D eigenvalue weighted by Crippen LogP contribution is 2.24. The summed E-state index contributed by atoms with van der Waals surface area (Å²) in [6, 6.07) is 17.9. The Kier molecular flexibility index (Phi) is 5.87. The maximum Gasteiger partial charge on any atom is 0.266 e. The summed E-state index contributed by atoms with van der Waals surface area (Å²) in [4.78, 5) is 12.4. The van der Waals surface area contributed by atoms with Crippen LogP contribution in [-0.2, 0) is 4.79 Å². The standard InChI is InChI=1S/C22H17FN2O3/c1-2-27-19-5-3-4-18(13-19)25-22(26)16(14-24)12-20-10-11-21(28-20)15-6-8-17(23)9-7-15/h3-13H,2H2,1H3,(H,25,26)/b16-12-. The number of nitriles is 1. The number of nitrogens with zero attached hydrogens (tertiary/aromatic N) is 1. The van der Waals surface area contributed by atoms with E-state index in [0.29, 0.717) is 35.1 Å². The molecule has 1 heterocycles. The lowest BCUT2D eigenvalue weighted by Gasteiger charge is -2.07. The van der Waals surface area contributed by atoms with Crippen molar-refractivity contribution in [2.24, 2.45) is 0 Å². The molecule has 1 N–H and O–H groups in total. The summed E-state index contributed by atoms with van der Waals surface area (Å²) in [6.07, 6.45) is 1.36. The first kappa shape index (κ1) is 18.9. The predicted molar refractivity (Wildman–Crippen MR) is 104 cm³/mol. The van der Waals surface area contributed by atoms with Gasteiger partial charge >= 0.3 is 0 Å². The average Bonchev–Trinajstić information content (AvgIpc) is 3.16. The van der Waals surface area contributed by atoms with Crippen molar-refractivity contribution in [1.82, 2.24) is 0 Å². The van der Waals surface area contributed by atoms with Crippen LogP contribution in [0.2, 0.25) is 0 Å². The maximum absolute atomic E-state index is 13.0. The van der Waals surface area contributed by atoms with Gasteiger partial charge in [0.1, 0.15) is 34.7 Å². The SMILES string of the molecule is CCOc1cccc(NC(=O)/C(C#N)=C\c2ccc(-c3ccc(F)cc3)o2)c1. The molecule has 0 aliphatic heterocycles. The molecule has 6 heteroatoms. The van der Waals surface area contributed by atoms with Crippen LogP contribution >= 0.6 is 0 Å². The molecule has 0 saturated carbocycles. The molecule has 28 heavy (non-hydrogen) atoms. The number of hydrogen-bond donors (Lipinski definition) is 1. The fourth-order valence-corrected chi connectivity index (χ4v) is 2.52. The Labute approximate surface area is 161 Å². The summed E-state index contributed by atoms with van der Waals surface area (Å²) in [5.74, 6) is 0.573. The Hall–Kier alpha value is -3.85. The highest BCUT2D eigenvalue weighted by atomic mass is 19.1. The van der Waals surface area contributed by atoms with E-state index in [9.17, 15) is 14.4 Å². The molecule has 140 valence electrons. The first-order valence-corrected chi connectivity index (χ1v) is 8.61. The van der Waals surface area contributed by atoms with Crippen LogP contribution in [-0.4, -0.2) is 12.5 Å². The molecule has 0 fully saturated rings. The highest BCUT2D eigenvalue weighted by molar-refractivity contribution is 6.09. The van der Waals surface area contributed by atoms with Crippen molar-refractivity contribution < 1.29 is 18.3 Å². The molecule has 0 spiro atoms. The quantitative estimate of drug-likeness (QED) is 0.484. The lowest BCUT2D eigenvalue weighted by molar-refractivity contribution is -0.112. The van der Waals surface area contributed by atoms with Gasteiger partial charge in [-0.3, -0.25) is 4.79 Å². The van der Waals surface area contributed by atoms with Gasteiger partial charge in [0.15, 0.2) is 0 Å². The van der Waals surface area contributed by atoms with Crippen molar-refractivity contribution in [3.63, 3.8) is 0 Å². The van der Waals surface area contributed by atoms with Gasteiger partial charge in [-0.2, -0.15) is 5.26 Å². The van der Waals surface area contributed by atoms with E-state index in [4.69, 9.17) is 9.15 Å². The molecule has 1 amide bonds. The second-order valence-electron chi connectivity index (χ2n) is 5.79. The zero-order valence-electron chi connectivity index (χ0n) is 15.1. The highest BCUT2D eigenvalue weighted by Gasteiger charge is 2.12. The van der Waals surface area contributed by atoms with Crippen molar-refractivity contribution in [3.8, 4) is 23.1 Å². The molecule has 3 aromatic rings. The monoisotopic (exact) mass is 376 g/mol. The normalized spacial score (nSPS) is 11.0. The number of hydrogen-bond acceptors (Lipinski definition) is 4. The van der Waals surface area contributed by atoms with Crippen LogP contribution in [0.5, 0.6) is 5.75 Å². The summed E-state index contributed by atoms with van der Waals surface area (Å²) in [7, 11) is 0. The summed E-state index contributed by atoms with van der Waals surface area (Å²) in [5, 5.41) is 12.0. The van der Waals surface area contributed by atoms with E-state index >= 15 is 0 Å². The number of rotatable bonds is 6. The molecule has 0 atom stereocenters. The van der Waals surface area contributed by atoms with E-state index in [-0.39, 0.29) is 11.4 Å². The lowest BCUT2D eigenvalue weighted by Crippen LogP contribution is -2.13. The third-order valence-corrected chi connectivity index (χ3v) is 3.81. The van der Waals surface area contributed by atoms with Crippen LogP contribution in [0.15, 0.2) is 70.7 Å². The van der Waals surface area contributed by atoms with Gasteiger partial charge in [-0.25, -0.2) is 4.39 Å². The van der Waals surface area contributed by atoms with Crippen LogP contribution < -0.4 is 10.1 Å². The maximum atomic E-state index is 13.0. The number of furan rings is 1. The van der Waals surface area contributed by atoms with Crippen molar-refractivity contribution in [3.05, 3.63) is 77.8 Å². The number of carbonyl (C=O) groups excluding carboxylic acids is 1. The Bertz CT molecular complexity index is 1050. The predicted octanol–water partition coefficient (Wildman–Crippen LogP) is 5.03. The van der Waals surface area contributed by atoms with Gasteiger partial charge in [0, 0.05) is 23.4 Å². The number of halogens is 1. The van der Waals surface area contributed by atoms with E-state index in [1.807, 2.05) is 13.0 Å². The van der Waals surface area contributed by atoms with E-state index in [1.165, 1.54) is 18.2 Å². The van der Waals surface area contributed by atoms with Crippen molar-refractivity contribution in [2.75, 3.05) is 11.9 Å². The Morgan fingerprint density at radius 3 is 2.71 bits per heavy atom. The summed E-state index contributed by atoms with van der Waals surface area (Å²) < 4.78 is 24.1. The molecule has 0 bridgehead atoms. The number of amides is 1. The molecule has 3 rings (SSSR count). The average molecular weight is 376 g/mol. The number of nitrogens with one attached hydrogen (secondary N) is 1. The lowest BCUT2D eigenvalue weighted by atomic mass is 10.2. The number of benzene rings is 2. The number of anilines is 1. The molecule has 0 aliphatic carbocycles. The van der Waals surface area contributed by atoms with Crippen molar-refractivity contribution in [2.45, 2.75) is 6.92 Å². The molecular weight excluding hydrogens is 359 g/mol. The molecule has 2 aromatic carbocycles. The molecular formula is C22H17FN2O3. The minimum Gasteiger partial charge on any atom is -0.494 e. The van der Waals surface area contributed by atoms with Gasteiger partial charge in [0.25, 0.3) is 5.91 Å². The second-order valence-corrected chi connectivity index (χ2v) is 5.79. The molecule has 1 aromatic heterocycles. The fourth-order valence-electron chi connectivity index (χ4n) is 2.52. The summed E-state index contributed by atoms with van der Waals surface area (Å²) in [5.41, 5.74) is 1.10. The van der Waals surface area contributed by atoms with Gasteiger partial charge in [0.05, 0.1) is 6.61 Å². The Morgan fingerprint density at radius 2 is 2.00 bits per heavy atom. The third-order valence-electron chi connectivity index (χ3n) is 3.81. The van der Waals surface area contributed by atoms with Crippen LogP contribution in [0.4, 0.5) is 10.1 Å². The largest absolute Gasteiger partial charge is 0.494 e. The molecule has 0 unspecified atom stereocenters. The van der Waals surface area contributed by atoms with E-state index in [0.717, 1.165) is 0 Å². The zero-order chi connectivity index (χ0) is 19.9. The van der Waals surface area contributed by atoms with Crippen LogP contribution in [0, 0.1) is 17.1 Å². The number of ether oxygens (including phenoxy) is 1. The second kappa shape index (κ2) is 8.69. The van der Waals surface area contributed by atoms with Gasteiger partial charge in [-0.1, -0.05) is 6.07 Å². The minimum absolute atomic E-state index is 0.109. The van der Waals surface area contributed by atoms with Crippen LogP contribution in [0.1, 0.15) is 12.7 Å². The van der Waals surface area contributed by atoms with E-state index in [1.54, 1.807) is 48.5 Å². The molecule has 0 aliphatic rings. The Morgan fingerprint density at radius 1 is 1.21 bits per heavy atom.